The summed E-state index contributed by atoms with van der Waals surface area (Å²) in [6, 6.07) is 15.1. The van der Waals surface area contributed by atoms with E-state index < -0.39 is 40.1 Å². The molecular formula is C23H20F3N3O4S. The number of alkyl halides is 3. The van der Waals surface area contributed by atoms with Crippen LogP contribution in [0, 0.1) is 6.92 Å². The van der Waals surface area contributed by atoms with E-state index in [4.69, 9.17) is 5.73 Å². The average Bonchev–Trinajstić information content (AvgIpc) is 2.77. The summed E-state index contributed by atoms with van der Waals surface area (Å²) in [6.07, 6.45) is -4.72. The van der Waals surface area contributed by atoms with Crippen molar-refractivity contribution in [2.24, 2.45) is 5.73 Å². The normalized spacial score (nSPS) is 11.6. The lowest BCUT2D eigenvalue weighted by molar-refractivity contribution is -0.137. The number of hydrogen-bond donors (Lipinski definition) is 2. The second-order valence-electron chi connectivity index (χ2n) is 7.33. The number of amides is 2. The van der Waals surface area contributed by atoms with E-state index >= 15 is 0 Å². The number of benzene rings is 3. The van der Waals surface area contributed by atoms with E-state index in [0.29, 0.717) is 10.4 Å². The fourth-order valence-corrected chi connectivity index (χ4v) is 4.53. The first-order valence-electron chi connectivity index (χ1n) is 9.85. The molecule has 0 radical (unpaired) electrons. The van der Waals surface area contributed by atoms with Crippen molar-refractivity contribution < 1.29 is 31.2 Å². The SMILES string of the molecule is Cc1ccc(S(=O)(=O)N(CC(=O)Nc2ccccc2C(N)=O)c2cccc(C(F)(F)F)c2)cc1. The third kappa shape index (κ3) is 5.54. The number of aryl methyl sites for hydroxylation is 1. The zero-order chi connectivity index (χ0) is 25.1. The van der Waals surface area contributed by atoms with Crippen LogP contribution in [0.3, 0.4) is 0 Å². The Bertz CT molecular complexity index is 1320. The van der Waals surface area contributed by atoms with E-state index in [2.05, 4.69) is 5.32 Å². The number of carbonyl (C=O) groups excluding carboxylic acids is 2. The lowest BCUT2D eigenvalue weighted by Crippen LogP contribution is -2.38. The smallest absolute Gasteiger partial charge is 0.366 e. The molecule has 0 saturated carbocycles. The summed E-state index contributed by atoms with van der Waals surface area (Å²) in [5.74, 6) is -1.71. The Morgan fingerprint density at radius 3 is 2.24 bits per heavy atom. The number of nitrogens with zero attached hydrogens (tertiary/aromatic N) is 1. The van der Waals surface area contributed by atoms with Crippen molar-refractivity contribution in [3.05, 3.63) is 89.5 Å². The van der Waals surface area contributed by atoms with Crippen molar-refractivity contribution in [3.8, 4) is 0 Å². The zero-order valence-corrected chi connectivity index (χ0v) is 18.7. The Balaban J connectivity index is 2.03. The van der Waals surface area contributed by atoms with Crippen LogP contribution in [0.4, 0.5) is 24.5 Å². The number of rotatable bonds is 7. The molecule has 0 atom stereocenters. The molecule has 0 aliphatic rings. The molecule has 0 spiro atoms. The average molecular weight is 491 g/mol. The molecule has 3 aromatic rings. The molecular weight excluding hydrogens is 471 g/mol. The van der Waals surface area contributed by atoms with E-state index in [1.165, 1.54) is 48.5 Å². The molecule has 11 heteroatoms. The van der Waals surface area contributed by atoms with Gasteiger partial charge in [-0.2, -0.15) is 13.2 Å². The van der Waals surface area contributed by atoms with Gasteiger partial charge in [0.15, 0.2) is 0 Å². The fraction of sp³-hybridized carbons (Fsp3) is 0.130. The van der Waals surface area contributed by atoms with Gasteiger partial charge in [0.05, 0.1) is 27.4 Å². The molecule has 3 N–H and O–H groups in total. The Hall–Kier alpha value is -3.86. The van der Waals surface area contributed by atoms with Crippen molar-refractivity contribution in [2.45, 2.75) is 18.0 Å². The van der Waals surface area contributed by atoms with Gasteiger partial charge in [-0.25, -0.2) is 8.42 Å². The maximum atomic E-state index is 13.4. The highest BCUT2D eigenvalue weighted by molar-refractivity contribution is 7.92. The number of para-hydroxylation sites is 1. The standard InChI is InChI=1S/C23H20F3N3O4S/c1-15-9-11-18(12-10-15)34(32,33)29(17-6-4-5-16(13-17)23(24,25)26)14-21(30)28-20-8-3-2-7-19(20)22(27)31/h2-13H,14H2,1H3,(H2,27,31)(H,28,30). The quantitative estimate of drug-likeness (QED) is 0.522. The fourth-order valence-electron chi connectivity index (χ4n) is 3.12. The zero-order valence-electron chi connectivity index (χ0n) is 17.8. The number of halogens is 3. The Kier molecular flexibility index (Phi) is 6.96. The minimum Gasteiger partial charge on any atom is -0.366 e. The predicted molar refractivity (Wildman–Crippen MR) is 121 cm³/mol. The van der Waals surface area contributed by atoms with E-state index in [-0.39, 0.29) is 21.8 Å². The van der Waals surface area contributed by atoms with E-state index in [9.17, 15) is 31.2 Å². The van der Waals surface area contributed by atoms with Gasteiger partial charge in [-0.3, -0.25) is 13.9 Å². The first-order chi connectivity index (χ1) is 15.9. The van der Waals surface area contributed by atoms with Gasteiger partial charge >= 0.3 is 6.18 Å². The monoisotopic (exact) mass is 491 g/mol. The van der Waals surface area contributed by atoms with Crippen LogP contribution in [0.1, 0.15) is 21.5 Å². The Morgan fingerprint density at radius 1 is 0.971 bits per heavy atom. The molecule has 3 aromatic carbocycles. The largest absolute Gasteiger partial charge is 0.416 e. The van der Waals surface area contributed by atoms with Gasteiger partial charge in [0, 0.05) is 0 Å². The lowest BCUT2D eigenvalue weighted by Gasteiger charge is -2.25. The summed E-state index contributed by atoms with van der Waals surface area (Å²) in [7, 11) is -4.43. The van der Waals surface area contributed by atoms with Gasteiger partial charge in [-0.1, -0.05) is 35.9 Å². The van der Waals surface area contributed by atoms with Crippen molar-refractivity contribution in [3.63, 3.8) is 0 Å². The van der Waals surface area contributed by atoms with Crippen LogP contribution in [0.2, 0.25) is 0 Å². The Morgan fingerprint density at radius 2 is 1.62 bits per heavy atom. The van der Waals surface area contributed by atoms with Crippen molar-refractivity contribution in [1.29, 1.82) is 0 Å². The summed E-state index contributed by atoms with van der Waals surface area (Å²) < 4.78 is 67.1. The molecule has 7 nitrogen and oxygen atoms in total. The summed E-state index contributed by atoms with van der Waals surface area (Å²) in [4.78, 5) is 24.2. The van der Waals surface area contributed by atoms with Crippen LogP contribution in [-0.4, -0.2) is 26.8 Å². The third-order valence-electron chi connectivity index (χ3n) is 4.82. The van der Waals surface area contributed by atoms with Gasteiger partial charge < -0.3 is 11.1 Å². The van der Waals surface area contributed by atoms with E-state index in [1.54, 1.807) is 6.92 Å². The van der Waals surface area contributed by atoms with E-state index in [1.807, 2.05) is 0 Å². The van der Waals surface area contributed by atoms with Gasteiger partial charge in [0.1, 0.15) is 6.54 Å². The first-order valence-corrected chi connectivity index (χ1v) is 11.3. The van der Waals surface area contributed by atoms with Crippen LogP contribution >= 0.6 is 0 Å². The molecule has 0 unspecified atom stereocenters. The minimum atomic E-state index is -4.72. The highest BCUT2D eigenvalue weighted by Gasteiger charge is 2.33. The molecule has 0 aromatic heterocycles. The van der Waals surface area contributed by atoms with Crippen molar-refractivity contribution in [2.75, 3.05) is 16.2 Å². The molecule has 178 valence electrons. The minimum absolute atomic E-state index is 0.0112. The highest BCUT2D eigenvalue weighted by Crippen LogP contribution is 2.33. The summed E-state index contributed by atoms with van der Waals surface area (Å²) in [5.41, 5.74) is 4.66. The maximum Gasteiger partial charge on any atom is 0.416 e. The predicted octanol–water partition coefficient (Wildman–Crippen LogP) is 3.95. The second kappa shape index (κ2) is 9.56. The number of hydrogen-bond acceptors (Lipinski definition) is 4. The molecule has 2 amide bonds. The molecule has 0 bridgehead atoms. The summed E-state index contributed by atoms with van der Waals surface area (Å²) in [6.45, 7) is 0.884. The first kappa shape index (κ1) is 24.8. The molecule has 3 rings (SSSR count). The lowest BCUT2D eigenvalue weighted by atomic mass is 10.1. The van der Waals surface area contributed by atoms with Gasteiger partial charge in [-0.05, 0) is 49.4 Å². The van der Waals surface area contributed by atoms with Gasteiger partial charge in [0.2, 0.25) is 5.91 Å². The summed E-state index contributed by atoms with van der Waals surface area (Å²) >= 11 is 0. The van der Waals surface area contributed by atoms with Crippen LogP contribution in [0.15, 0.2) is 77.7 Å². The van der Waals surface area contributed by atoms with E-state index in [0.717, 1.165) is 23.8 Å². The molecule has 0 aliphatic carbocycles. The highest BCUT2D eigenvalue weighted by atomic mass is 32.2. The molecule has 0 heterocycles. The molecule has 0 saturated heterocycles. The van der Waals surface area contributed by atoms with Crippen LogP contribution < -0.4 is 15.4 Å². The summed E-state index contributed by atoms with van der Waals surface area (Å²) in [5, 5.41) is 2.40. The van der Waals surface area contributed by atoms with Gasteiger partial charge in [0.25, 0.3) is 15.9 Å². The molecule has 0 fully saturated rings. The van der Waals surface area contributed by atoms with Gasteiger partial charge in [-0.15, -0.1) is 0 Å². The maximum absolute atomic E-state index is 13.4. The molecule has 0 aliphatic heterocycles. The number of nitrogens with two attached hydrogens (primary N) is 1. The van der Waals surface area contributed by atoms with Crippen LogP contribution in [0.25, 0.3) is 0 Å². The number of primary amides is 1. The molecule has 34 heavy (non-hydrogen) atoms. The Labute approximate surface area is 194 Å². The topological polar surface area (TPSA) is 110 Å². The number of anilines is 2. The number of nitrogens with one attached hydrogen (secondary N) is 1. The number of carbonyl (C=O) groups is 2. The van der Waals surface area contributed by atoms with Crippen molar-refractivity contribution >= 4 is 33.2 Å². The second-order valence-corrected chi connectivity index (χ2v) is 9.19. The van der Waals surface area contributed by atoms with Crippen LogP contribution in [0.5, 0.6) is 0 Å². The van der Waals surface area contributed by atoms with Crippen LogP contribution in [-0.2, 0) is 21.0 Å². The third-order valence-corrected chi connectivity index (χ3v) is 6.61. The number of sulfonamides is 1. The van der Waals surface area contributed by atoms with Crippen molar-refractivity contribution in [1.82, 2.24) is 0 Å².